The summed E-state index contributed by atoms with van der Waals surface area (Å²) >= 11 is 2.94. The maximum atomic E-state index is 2.94. The molecule has 52 valence electrons. The van der Waals surface area contributed by atoms with Crippen LogP contribution in [0, 0.1) is 0 Å². The van der Waals surface area contributed by atoms with Crippen LogP contribution in [0.4, 0.5) is 0 Å². The van der Waals surface area contributed by atoms with E-state index in [2.05, 4.69) is 25.5 Å². The molecule has 1 saturated heterocycles. The van der Waals surface area contributed by atoms with Crippen molar-refractivity contribution in [3.8, 4) is 0 Å². The van der Waals surface area contributed by atoms with E-state index < -0.39 is 0 Å². The van der Waals surface area contributed by atoms with Crippen LogP contribution >= 0.6 is 0 Å². The molecule has 1 rings (SSSR count). The molecule has 0 bridgehead atoms. The van der Waals surface area contributed by atoms with Crippen molar-refractivity contribution < 1.29 is 0 Å². The predicted octanol–water partition coefficient (Wildman–Crippen LogP) is 0.791. The van der Waals surface area contributed by atoms with Gasteiger partial charge in [0.25, 0.3) is 0 Å². The molecule has 2 heteroatoms. The van der Waals surface area contributed by atoms with Crippen molar-refractivity contribution in [2.24, 2.45) is 0 Å². The molecule has 0 spiro atoms. The van der Waals surface area contributed by atoms with Crippen LogP contribution in [-0.2, 0) is 0 Å². The predicted molar refractivity (Wildman–Crippen MR) is 41.9 cm³/mol. The van der Waals surface area contributed by atoms with Gasteiger partial charge in [0.2, 0.25) is 0 Å². The van der Waals surface area contributed by atoms with Crippen LogP contribution < -0.4 is 0 Å². The molecule has 1 fully saturated rings. The summed E-state index contributed by atoms with van der Waals surface area (Å²) in [6, 6.07) is 0. The van der Waals surface area contributed by atoms with Gasteiger partial charge in [-0.05, 0) is 0 Å². The summed E-state index contributed by atoms with van der Waals surface area (Å²) in [6.45, 7) is 2.51. The Morgan fingerprint density at radius 1 is 1.00 bits per heavy atom. The first-order valence-corrected chi connectivity index (χ1v) is 4.62. The van der Waals surface area contributed by atoms with Gasteiger partial charge in [-0.15, -0.1) is 0 Å². The number of likely N-dealkylation sites (tertiary alicyclic amines) is 1. The van der Waals surface area contributed by atoms with Gasteiger partial charge in [0.05, 0.1) is 0 Å². The van der Waals surface area contributed by atoms with E-state index in [1.54, 1.807) is 0 Å². The van der Waals surface area contributed by atoms with Gasteiger partial charge in [-0.1, -0.05) is 0 Å². The van der Waals surface area contributed by atoms with Crippen molar-refractivity contribution in [1.29, 1.82) is 0 Å². The number of nitrogens with zero attached hydrogens (tertiary/aromatic N) is 1. The topological polar surface area (TPSA) is 3.24 Å². The Morgan fingerprint density at radius 3 is 2.00 bits per heavy atom. The Kier molecular flexibility index (Phi) is 3.31. The zero-order valence-corrected chi connectivity index (χ0v) is 7.39. The second-order valence-corrected chi connectivity index (χ2v) is 3.00. The van der Waals surface area contributed by atoms with Crippen molar-refractivity contribution in [3.63, 3.8) is 0 Å². The third-order valence-electron chi connectivity index (χ3n) is 1.79. The van der Waals surface area contributed by atoms with Gasteiger partial charge in [-0.3, -0.25) is 0 Å². The average Bonchev–Trinajstić information content (AvgIpc) is 2.13. The van der Waals surface area contributed by atoms with Crippen molar-refractivity contribution in [3.05, 3.63) is 0 Å². The molecular formula is C7H13NSe. The molecule has 1 aliphatic rings. The van der Waals surface area contributed by atoms with E-state index in [0.29, 0.717) is 0 Å². The quantitative estimate of drug-likeness (QED) is 0.552. The van der Waals surface area contributed by atoms with Gasteiger partial charge in [0.1, 0.15) is 0 Å². The van der Waals surface area contributed by atoms with Crippen molar-refractivity contribution in [1.82, 2.24) is 4.90 Å². The average molecular weight is 190 g/mol. The first-order chi connectivity index (χ1) is 4.43. The van der Waals surface area contributed by atoms with E-state index in [9.17, 15) is 0 Å². The third kappa shape index (κ3) is 2.51. The molecular weight excluding hydrogens is 177 g/mol. The van der Waals surface area contributed by atoms with Crippen LogP contribution in [0.15, 0.2) is 0 Å². The zero-order chi connectivity index (χ0) is 6.53. The van der Waals surface area contributed by atoms with Gasteiger partial charge >= 0.3 is 64.3 Å². The van der Waals surface area contributed by atoms with E-state index in [1.807, 2.05) is 0 Å². The van der Waals surface area contributed by atoms with Gasteiger partial charge in [-0.2, -0.15) is 0 Å². The Balaban J connectivity index is 2.26. The minimum absolute atomic E-state index is 1.26. The second kappa shape index (κ2) is 4.08. The normalized spacial score (nSPS) is 21.1. The van der Waals surface area contributed by atoms with Crippen LogP contribution in [-0.4, -0.2) is 38.6 Å². The minimum atomic E-state index is 1.26. The maximum absolute atomic E-state index is 2.94. The second-order valence-electron chi connectivity index (χ2n) is 2.56. The molecule has 0 aromatic heterocycles. The van der Waals surface area contributed by atoms with Gasteiger partial charge in [-0.25, -0.2) is 0 Å². The summed E-state index contributed by atoms with van der Waals surface area (Å²) in [5, 5.41) is 2.09. The fraction of sp³-hybridized carbons (Fsp3) is 0.857. The van der Waals surface area contributed by atoms with Crippen molar-refractivity contribution >= 4 is 20.6 Å². The van der Waals surface area contributed by atoms with E-state index in [0.717, 1.165) is 0 Å². The number of hydrogen-bond donors (Lipinski definition) is 0. The standard InChI is InChI=1S/C7H13NSe/c9-7-8-5-3-1-2-4-6-8/h7H,1-6H2. The molecule has 0 amide bonds. The van der Waals surface area contributed by atoms with Crippen LogP contribution in [0.3, 0.4) is 0 Å². The molecule has 0 atom stereocenters. The molecule has 0 N–H and O–H groups in total. The van der Waals surface area contributed by atoms with Crippen molar-refractivity contribution in [2.45, 2.75) is 25.7 Å². The molecule has 9 heavy (non-hydrogen) atoms. The molecule has 1 aliphatic heterocycles. The molecule has 0 aromatic carbocycles. The fourth-order valence-electron chi connectivity index (χ4n) is 1.20. The summed E-state index contributed by atoms with van der Waals surface area (Å²) in [4.78, 5) is 2.37. The van der Waals surface area contributed by atoms with Gasteiger partial charge in [0, 0.05) is 0 Å². The summed E-state index contributed by atoms with van der Waals surface area (Å²) < 4.78 is 0. The van der Waals surface area contributed by atoms with Crippen LogP contribution in [0.5, 0.6) is 0 Å². The molecule has 0 aliphatic carbocycles. The van der Waals surface area contributed by atoms with Crippen molar-refractivity contribution in [2.75, 3.05) is 13.1 Å². The number of rotatable bonds is 1. The van der Waals surface area contributed by atoms with E-state index >= 15 is 0 Å². The molecule has 0 aromatic rings. The fourth-order valence-corrected chi connectivity index (χ4v) is 1.64. The molecule has 0 unspecified atom stereocenters. The SMILES string of the molecule is [Se]=CN1CCCCCC1. The van der Waals surface area contributed by atoms with Gasteiger partial charge in [0.15, 0.2) is 0 Å². The Morgan fingerprint density at radius 2 is 1.56 bits per heavy atom. The number of hydrogen-bond acceptors (Lipinski definition) is 1. The van der Waals surface area contributed by atoms with E-state index in [1.165, 1.54) is 38.8 Å². The molecule has 0 radical (unpaired) electrons. The van der Waals surface area contributed by atoms with Crippen LogP contribution in [0.25, 0.3) is 0 Å². The first kappa shape index (κ1) is 7.30. The van der Waals surface area contributed by atoms with Crippen LogP contribution in [0.1, 0.15) is 25.7 Å². The third-order valence-corrected chi connectivity index (χ3v) is 2.42. The molecule has 0 saturated carbocycles. The summed E-state index contributed by atoms with van der Waals surface area (Å²) in [5.41, 5.74) is 0. The summed E-state index contributed by atoms with van der Waals surface area (Å²) in [6.07, 6.45) is 5.59. The molecule has 1 nitrogen and oxygen atoms in total. The van der Waals surface area contributed by atoms with E-state index in [-0.39, 0.29) is 0 Å². The Bertz CT molecular complexity index is 84.9. The monoisotopic (exact) mass is 191 g/mol. The Hall–Kier alpha value is 0.189. The first-order valence-electron chi connectivity index (χ1n) is 3.63. The van der Waals surface area contributed by atoms with E-state index in [4.69, 9.17) is 0 Å². The molecule has 1 heterocycles. The summed E-state index contributed by atoms with van der Waals surface area (Å²) in [5.74, 6) is 0. The zero-order valence-electron chi connectivity index (χ0n) is 5.68. The Labute approximate surface area is 64.8 Å². The van der Waals surface area contributed by atoms with Gasteiger partial charge < -0.3 is 0 Å². The van der Waals surface area contributed by atoms with Crippen LogP contribution in [0.2, 0.25) is 0 Å². The summed E-state index contributed by atoms with van der Waals surface area (Å²) in [7, 11) is 0.